The van der Waals surface area contributed by atoms with E-state index in [2.05, 4.69) is 19.2 Å². The van der Waals surface area contributed by atoms with E-state index in [4.69, 9.17) is 5.73 Å². The minimum Gasteiger partial charge on any atom is -0.356 e. The van der Waals surface area contributed by atoms with Crippen LogP contribution in [0.4, 0.5) is 0 Å². The van der Waals surface area contributed by atoms with Crippen LogP contribution in [0.25, 0.3) is 0 Å². The van der Waals surface area contributed by atoms with Gasteiger partial charge in [0, 0.05) is 18.5 Å². The van der Waals surface area contributed by atoms with Crippen LogP contribution in [0, 0.1) is 11.8 Å². The lowest BCUT2D eigenvalue weighted by Crippen LogP contribution is -2.38. The van der Waals surface area contributed by atoms with Crippen LogP contribution in [0.15, 0.2) is 0 Å². The summed E-state index contributed by atoms with van der Waals surface area (Å²) in [6, 6.07) is 0.309. The fraction of sp³-hybridized carbons (Fsp3) is 0.933. The average Bonchev–Trinajstić information content (AvgIpc) is 2.37. The number of unbranched alkanes of at least 4 members (excludes halogenated alkanes) is 3. The molecule has 0 spiro atoms. The van der Waals surface area contributed by atoms with Crippen LogP contribution in [0.1, 0.15) is 65.2 Å². The first-order valence-electron chi connectivity index (χ1n) is 7.68. The van der Waals surface area contributed by atoms with Crippen molar-refractivity contribution < 1.29 is 4.79 Å². The number of amides is 1. The molecule has 3 unspecified atom stereocenters. The van der Waals surface area contributed by atoms with Gasteiger partial charge >= 0.3 is 0 Å². The molecule has 0 aromatic carbocycles. The first kappa shape index (κ1) is 15.5. The monoisotopic (exact) mass is 254 g/mol. The van der Waals surface area contributed by atoms with E-state index in [1.807, 2.05) is 0 Å². The quantitative estimate of drug-likeness (QED) is 0.686. The van der Waals surface area contributed by atoms with E-state index in [1.54, 1.807) is 0 Å². The topological polar surface area (TPSA) is 55.1 Å². The van der Waals surface area contributed by atoms with Crippen molar-refractivity contribution in [2.24, 2.45) is 17.6 Å². The van der Waals surface area contributed by atoms with Gasteiger partial charge in [-0.05, 0) is 31.6 Å². The number of carbonyl (C=O) groups is 1. The lowest BCUT2D eigenvalue weighted by Gasteiger charge is -2.30. The molecule has 1 aliphatic carbocycles. The number of nitrogens with two attached hydrogens (primary N) is 1. The van der Waals surface area contributed by atoms with Gasteiger partial charge in [0.05, 0.1) is 0 Å². The normalized spacial score (nSPS) is 25.7. The summed E-state index contributed by atoms with van der Waals surface area (Å²) < 4.78 is 0. The fourth-order valence-electron chi connectivity index (χ4n) is 2.86. The van der Waals surface area contributed by atoms with Crippen molar-refractivity contribution >= 4 is 5.91 Å². The molecule has 3 nitrogen and oxygen atoms in total. The zero-order chi connectivity index (χ0) is 13.4. The Bertz CT molecular complexity index is 243. The smallest absolute Gasteiger partial charge is 0.223 e. The summed E-state index contributed by atoms with van der Waals surface area (Å²) in [6.45, 7) is 5.10. The molecule has 1 rings (SSSR count). The summed E-state index contributed by atoms with van der Waals surface area (Å²) in [5.74, 6) is 0.845. The summed E-state index contributed by atoms with van der Waals surface area (Å²) >= 11 is 0. The van der Waals surface area contributed by atoms with Gasteiger partial charge in [-0.1, -0.05) is 39.5 Å². The Morgan fingerprint density at radius 3 is 2.78 bits per heavy atom. The van der Waals surface area contributed by atoms with Crippen molar-refractivity contribution in [1.82, 2.24) is 5.32 Å². The zero-order valence-electron chi connectivity index (χ0n) is 12.1. The third kappa shape index (κ3) is 5.38. The molecule has 1 amide bonds. The second-order valence-corrected chi connectivity index (χ2v) is 5.83. The Morgan fingerprint density at radius 1 is 1.33 bits per heavy atom. The second kappa shape index (κ2) is 8.52. The summed E-state index contributed by atoms with van der Waals surface area (Å²) in [5, 5.41) is 3.07. The van der Waals surface area contributed by atoms with Crippen molar-refractivity contribution in [2.45, 2.75) is 71.3 Å². The van der Waals surface area contributed by atoms with Crippen molar-refractivity contribution in [2.75, 3.05) is 6.54 Å². The number of rotatable bonds is 7. The van der Waals surface area contributed by atoms with E-state index in [1.165, 1.54) is 25.7 Å². The highest BCUT2D eigenvalue weighted by atomic mass is 16.1. The maximum atomic E-state index is 12.0. The molecule has 0 aliphatic heterocycles. The molecule has 1 aliphatic rings. The average molecular weight is 254 g/mol. The van der Waals surface area contributed by atoms with Crippen LogP contribution >= 0.6 is 0 Å². The standard InChI is InChI=1S/C15H30N2O/c1-3-4-5-6-10-17-15(18)12(2)13-8-7-9-14(16)11-13/h12-14H,3-11,16H2,1-2H3,(H,17,18). The molecule has 3 N–H and O–H groups in total. The van der Waals surface area contributed by atoms with Gasteiger partial charge in [-0.25, -0.2) is 0 Å². The molecule has 1 saturated carbocycles. The van der Waals surface area contributed by atoms with Gasteiger partial charge in [0.1, 0.15) is 0 Å². The van der Waals surface area contributed by atoms with E-state index in [0.29, 0.717) is 12.0 Å². The second-order valence-electron chi connectivity index (χ2n) is 5.83. The predicted molar refractivity (Wildman–Crippen MR) is 76.2 cm³/mol. The van der Waals surface area contributed by atoms with Gasteiger partial charge in [0.25, 0.3) is 0 Å². The molecule has 0 aromatic rings. The zero-order valence-corrected chi connectivity index (χ0v) is 12.1. The molecule has 106 valence electrons. The molecule has 0 saturated heterocycles. The van der Waals surface area contributed by atoms with Crippen LogP contribution in [-0.4, -0.2) is 18.5 Å². The number of hydrogen-bond acceptors (Lipinski definition) is 2. The lowest BCUT2D eigenvalue weighted by molar-refractivity contribution is -0.126. The summed E-state index contributed by atoms with van der Waals surface area (Å²) in [4.78, 5) is 12.0. The summed E-state index contributed by atoms with van der Waals surface area (Å²) in [6.07, 6.45) is 9.33. The molecular weight excluding hydrogens is 224 g/mol. The molecule has 18 heavy (non-hydrogen) atoms. The Labute approximate surface area is 112 Å². The van der Waals surface area contributed by atoms with E-state index < -0.39 is 0 Å². The predicted octanol–water partition coefficient (Wildman–Crippen LogP) is 2.84. The third-order valence-electron chi connectivity index (χ3n) is 4.21. The molecule has 3 heteroatoms. The summed E-state index contributed by atoms with van der Waals surface area (Å²) in [7, 11) is 0. The Morgan fingerprint density at radius 2 is 2.11 bits per heavy atom. The van der Waals surface area contributed by atoms with Gasteiger partial charge < -0.3 is 11.1 Å². The van der Waals surface area contributed by atoms with Crippen molar-refractivity contribution in [3.8, 4) is 0 Å². The van der Waals surface area contributed by atoms with Gasteiger partial charge in [0.15, 0.2) is 0 Å². The molecule has 3 atom stereocenters. The summed E-state index contributed by atoms with van der Waals surface area (Å²) in [5.41, 5.74) is 5.99. The van der Waals surface area contributed by atoms with Crippen LogP contribution in [-0.2, 0) is 4.79 Å². The Hall–Kier alpha value is -0.570. The molecular formula is C15H30N2O. The highest BCUT2D eigenvalue weighted by Crippen LogP contribution is 2.29. The van der Waals surface area contributed by atoms with Gasteiger partial charge in [-0.15, -0.1) is 0 Å². The van der Waals surface area contributed by atoms with Crippen LogP contribution in [0.3, 0.4) is 0 Å². The Balaban J connectivity index is 2.19. The Kier molecular flexibility index (Phi) is 7.33. The fourth-order valence-corrected chi connectivity index (χ4v) is 2.86. The van der Waals surface area contributed by atoms with Crippen molar-refractivity contribution in [3.05, 3.63) is 0 Å². The maximum absolute atomic E-state index is 12.0. The van der Waals surface area contributed by atoms with E-state index in [9.17, 15) is 4.79 Å². The molecule has 0 radical (unpaired) electrons. The van der Waals surface area contributed by atoms with E-state index in [0.717, 1.165) is 32.2 Å². The van der Waals surface area contributed by atoms with Crippen LogP contribution in [0.5, 0.6) is 0 Å². The SMILES string of the molecule is CCCCCCNC(=O)C(C)C1CCCC(N)C1. The number of carbonyl (C=O) groups excluding carboxylic acids is 1. The minimum atomic E-state index is 0.127. The van der Waals surface area contributed by atoms with Crippen molar-refractivity contribution in [3.63, 3.8) is 0 Å². The van der Waals surface area contributed by atoms with Gasteiger partial charge in [-0.2, -0.15) is 0 Å². The van der Waals surface area contributed by atoms with Crippen LogP contribution in [0.2, 0.25) is 0 Å². The first-order valence-corrected chi connectivity index (χ1v) is 7.68. The van der Waals surface area contributed by atoms with Crippen LogP contribution < -0.4 is 11.1 Å². The number of nitrogens with one attached hydrogen (secondary N) is 1. The maximum Gasteiger partial charge on any atom is 0.223 e. The van der Waals surface area contributed by atoms with Crippen molar-refractivity contribution in [1.29, 1.82) is 0 Å². The minimum absolute atomic E-state index is 0.127. The highest BCUT2D eigenvalue weighted by molar-refractivity contribution is 5.78. The largest absolute Gasteiger partial charge is 0.356 e. The first-order chi connectivity index (χ1) is 8.65. The highest BCUT2D eigenvalue weighted by Gasteiger charge is 2.28. The van der Waals surface area contributed by atoms with E-state index in [-0.39, 0.29) is 11.8 Å². The van der Waals surface area contributed by atoms with Gasteiger partial charge in [0.2, 0.25) is 5.91 Å². The lowest BCUT2D eigenvalue weighted by atomic mass is 9.78. The molecule has 1 fully saturated rings. The van der Waals surface area contributed by atoms with Gasteiger partial charge in [-0.3, -0.25) is 4.79 Å². The molecule has 0 bridgehead atoms. The molecule has 0 heterocycles. The van der Waals surface area contributed by atoms with E-state index >= 15 is 0 Å². The third-order valence-corrected chi connectivity index (χ3v) is 4.21. The molecule has 0 aromatic heterocycles. The number of hydrogen-bond donors (Lipinski definition) is 2.